The minimum atomic E-state index is -0.744. The molecule has 0 aromatic heterocycles. The summed E-state index contributed by atoms with van der Waals surface area (Å²) >= 11 is 0. The van der Waals surface area contributed by atoms with Gasteiger partial charge >= 0.3 is 0 Å². The molecule has 0 spiro atoms. The van der Waals surface area contributed by atoms with Crippen LogP contribution in [0, 0.1) is 5.92 Å². The van der Waals surface area contributed by atoms with Crippen molar-refractivity contribution in [3.8, 4) is 0 Å². The highest BCUT2D eigenvalue weighted by Gasteiger charge is 2.16. The molecule has 0 bridgehead atoms. The van der Waals surface area contributed by atoms with Crippen LogP contribution in [0.2, 0.25) is 0 Å². The molecule has 3 heteroatoms. The molecule has 0 saturated heterocycles. The van der Waals surface area contributed by atoms with Crippen molar-refractivity contribution in [2.75, 3.05) is 0 Å². The van der Waals surface area contributed by atoms with Gasteiger partial charge in [0.05, 0.1) is 12.2 Å². The molecule has 0 amide bonds. The number of rotatable bonds is 6. The van der Waals surface area contributed by atoms with E-state index in [1.807, 2.05) is 13.8 Å². The molecular formula is C9H17O3. The Balaban J connectivity index is 3.66. The van der Waals surface area contributed by atoms with Crippen LogP contribution < -0.4 is 0 Å². The Morgan fingerprint density at radius 1 is 1.42 bits per heavy atom. The van der Waals surface area contributed by atoms with Crippen LogP contribution in [-0.4, -0.2) is 28.7 Å². The average Bonchev–Trinajstić information content (AvgIpc) is 2.03. The molecule has 2 N–H and O–H groups in total. The summed E-state index contributed by atoms with van der Waals surface area (Å²) < 4.78 is 0. The summed E-state index contributed by atoms with van der Waals surface area (Å²) in [6, 6.07) is 0. The molecule has 1 radical (unpaired) electrons. The normalized spacial score (nSPS) is 18.3. The van der Waals surface area contributed by atoms with Gasteiger partial charge in [-0.1, -0.05) is 20.3 Å². The van der Waals surface area contributed by atoms with Crippen molar-refractivity contribution >= 4 is 6.29 Å². The third kappa shape index (κ3) is 4.46. The van der Waals surface area contributed by atoms with Crippen LogP contribution >= 0.6 is 0 Å². The lowest BCUT2D eigenvalue weighted by Crippen LogP contribution is -2.23. The van der Waals surface area contributed by atoms with E-state index in [2.05, 4.69) is 0 Å². The topological polar surface area (TPSA) is 57.5 Å². The third-order valence-corrected chi connectivity index (χ3v) is 2.13. The Hall–Kier alpha value is -0.410. The smallest absolute Gasteiger partial charge is 0.201 e. The summed E-state index contributed by atoms with van der Waals surface area (Å²) in [6.45, 7) is 3.90. The third-order valence-electron chi connectivity index (χ3n) is 2.13. The summed E-state index contributed by atoms with van der Waals surface area (Å²) in [5, 5.41) is 18.6. The van der Waals surface area contributed by atoms with Crippen LogP contribution in [0.5, 0.6) is 0 Å². The Kier molecular flexibility index (Phi) is 5.93. The molecule has 12 heavy (non-hydrogen) atoms. The van der Waals surface area contributed by atoms with Gasteiger partial charge in [0.15, 0.2) is 0 Å². The number of carbonyl (C=O) groups excluding carboxylic acids is 1. The molecule has 0 aliphatic carbocycles. The highest BCUT2D eigenvalue weighted by atomic mass is 16.3. The molecule has 3 nitrogen and oxygen atoms in total. The van der Waals surface area contributed by atoms with Crippen LogP contribution in [0.3, 0.4) is 0 Å². The van der Waals surface area contributed by atoms with Crippen molar-refractivity contribution in [3.05, 3.63) is 0 Å². The van der Waals surface area contributed by atoms with Gasteiger partial charge in [0.1, 0.15) is 0 Å². The standard InChI is InChI=1S/C9H17O3/c1-3-7(2)9(12)6-8(11)4-5-10/h7-9,11-12H,3-4,6H2,1-2H3. The van der Waals surface area contributed by atoms with Gasteiger partial charge in [-0.2, -0.15) is 0 Å². The number of aliphatic hydroxyl groups is 2. The molecule has 0 saturated carbocycles. The first-order valence-corrected chi connectivity index (χ1v) is 4.32. The maximum absolute atomic E-state index is 9.87. The van der Waals surface area contributed by atoms with Gasteiger partial charge in [0, 0.05) is 6.42 Å². The number of aliphatic hydroxyl groups excluding tert-OH is 2. The monoisotopic (exact) mass is 173 g/mol. The zero-order valence-corrected chi connectivity index (χ0v) is 7.66. The summed E-state index contributed by atoms with van der Waals surface area (Å²) in [5.41, 5.74) is 0. The predicted octanol–water partition coefficient (Wildman–Crippen LogP) is 0.644. The minimum Gasteiger partial charge on any atom is -0.393 e. The summed E-state index contributed by atoms with van der Waals surface area (Å²) in [6.07, 6.45) is 1.49. The maximum atomic E-state index is 9.87. The molecule has 0 heterocycles. The highest BCUT2D eigenvalue weighted by Crippen LogP contribution is 2.13. The van der Waals surface area contributed by atoms with Gasteiger partial charge < -0.3 is 10.2 Å². The Labute approximate surface area is 73.4 Å². The zero-order valence-electron chi connectivity index (χ0n) is 7.66. The van der Waals surface area contributed by atoms with Crippen molar-refractivity contribution in [1.29, 1.82) is 0 Å². The molecular weight excluding hydrogens is 156 g/mol. The highest BCUT2D eigenvalue weighted by molar-refractivity contribution is 5.51. The van der Waals surface area contributed by atoms with E-state index in [1.54, 1.807) is 6.29 Å². The molecule has 0 aliphatic heterocycles. The summed E-state index contributed by atoms with van der Waals surface area (Å²) in [4.78, 5) is 9.87. The summed E-state index contributed by atoms with van der Waals surface area (Å²) in [7, 11) is 0. The first-order valence-electron chi connectivity index (χ1n) is 4.32. The molecule has 0 aromatic carbocycles. The number of hydrogen-bond acceptors (Lipinski definition) is 3. The van der Waals surface area contributed by atoms with E-state index >= 15 is 0 Å². The molecule has 3 unspecified atom stereocenters. The quantitative estimate of drug-likeness (QED) is 0.620. The van der Waals surface area contributed by atoms with Gasteiger partial charge in [-0.05, 0) is 12.3 Å². The van der Waals surface area contributed by atoms with Crippen LogP contribution in [0.1, 0.15) is 33.1 Å². The van der Waals surface area contributed by atoms with Crippen LogP contribution in [0.4, 0.5) is 0 Å². The van der Waals surface area contributed by atoms with E-state index in [0.29, 0.717) is 0 Å². The van der Waals surface area contributed by atoms with E-state index in [-0.39, 0.29) is 18.8 Å². The lowest BCUT2D eigenvalue weighted by atomic mass is 9.96. The molecule has 0 aromatic rings. The fourth-order valence-electron chi connectivity index (χ4n) is 0.963. The summed E-state index contributed by atoms with van der Waals surface area (Å²) in [5.74, 6) is 0.173. The Morgan fingerprint density at radius 2 is 2.00 bits per heavy atom. The van der Waals surface area contributed by atoms with Gasteiger partial charge in [0.25, 0.3) is 0 Å². The first kappa shape index (κ1) is 11.6. The second-order valence-electron chi connectivity index (χ2n) is 3.19. The maximum Gasteiger partial charge on any atom is 0.201 e. The molecule has 71 valence electrons. The second-order valence-corrected chi connectivity index (χ2v) is 3.19. The van der Waals surface area contributed by atoms with Crippen LogP contribution in [0.25, 0.3) is 0 Å². The first-order chi connectivity index (χ1) is 5.61. The fourth-order valence-corrected chi connectivity index (χ4v) is 0.963. The van der Waals surface area contributed by atoms with E-state index in [1.165, 1.54) is 0 Å². The van der Waals surface area contributed by atoms with E-state index < -0.39 is 12.2 Å². The van der Waals surface area contributed by atoms with Crippen LogP contribution in [0.15, 0.2) is 0 Å². The van der Waals surface area contributed by atoms with Gasteiger partial charge in [-0.3, -0.25) is 4.79 Å². The molecule has 0 aliphatic rings. The van der Waals surface area contributed by atoms with E-state index in [0.717, 1.165) is 6.42 Å². The lowest BCUT2D eigenvalue weighted by molar-refractivity contribution is 0.0502. The predicted molar refractivity (Wildman–Crippen MR) is 46.4 cm³/mol. The average molecular weight is 173 g/mol. The molecule has 0 fully saturated rings. The van der Waals surface area contributed by atoms with Crippen molar-refractivity contribution in [3.63, 3.8) is 0 Å². The minimum absolute atomic E-state index is 0.00645. The van der Waals surface area contributed by atoms with E-state index in [9.17, 15) is 9.90 Å². The van der Waals surface area contributed by atoms with Crippen molar-refractivity contribution in [2.45, 2.75) is 45.3 Å². The van der Waals surface area contributed by atoms with Crippen molar-refractivity contribution in [1.82, 2.24) is 0 Å². The van der Waals surface area contributed by atoms with Crippen molar-refractivity contribution in [2.24, 2.45) is 5.92 Å². The molecule has 0 rings (SSSR count). The number of hydrogen-bond donors (Lipinski definition) is 2. The van der Waals surface area contributed by atoms with Crippen LogP contribution in [-0.2, 0) is 4.79 Å². The van der Waals surface area contributed by atoms with Gasteiger partial charge in [-0.15, -0.1) is 0 Å². The fraction of sp³-hybridized carbons (Fsp3) is 0.889. The Morgan fingerprint density at radius 3 is 2.42 bits per heavy atom. The zero-order chi connectivity index (χ0) is 9.56. The van der Waals surface area contributed by atoms with Gasteiger partial charge in [0.2, 0.25) is 6.29 Å². The SMILES string of the molecule is CCC(C)C(O)CC(O)C[C]=O. The van der Waals surface area contributed by atoms with Gasteiger partial charge in [-0.25, -0.2) is 0 Å². The largest absolute Gasteiger partial charge is 0.393 e. The second kappa shape index (κ2) is 6.14. The Bertz CT molecular complexity index is 125. The van der Waals surface area contributed by atoms with E-state index in [4.69, 9.17) is 5.11 Å². The molecule has 3 atom stereocenters. The van der Waals surface area contributed by atoms with Crippen molar-refractivity contribution < 1.29 is 15.0 Å². The lowest BCUT2D eigenvalue weighted by Gasteiger charge is -2.18.